The average molecular weight is 237 g/mol. The molecule has 0 spiro atoms. The second-order valence-corrected chi connectivity index (χ2v) is 3.49. The molecule has 2 rings (SSSR count). The fraction of sp³-hybridized carbons (Fsp3) is 0. The minimum atomic E-state index is -0.341. The van der Waals surface area contributed by atoms with Gasteiger partial charge in [-0.1, -0.05) is 11.6 Å². The third kappa shape index (κ3) is 2.74. The van der Waals surface area contributed by atoms with Crippen LogP contribution in [0.1, 0.15) is 0 Å². The maximum Gasteiger partial charge on any atom is 0.324 e. The van der Waals surface area contributed by atoms with Crippen LogP contribution in [0, 0.1) is 0 Å². The summed E-state index contributed by atoms with van der Waals surface area (Å²) in [6.07, 6.45) is 3.00. The summed E-state index contributed by atoms with van der Waals surface area (Å²) >= 11 is 5.72. The van der Waals surface area contributed by atoms with Crippen LogP contribution in [0.25, 0.3) is 0 Å². The minimum Gasteiger partial charge on any atom is -0.331 e. The Kier molecular flexibility index (Phi) is 3.07. The summed E-state index contributed by atoms with van der Waals surface area (Å²) in [5.74, 6) is 0.534. The van der Waals surface area contributed by atoms with Crippen LogP contribution < -0.4 is 10.6 Å². The van der Waals surface area contributed by atoms with Crippen molar-refractivity contribution in [1.82, 2.24) is 9.97 Å². The van der Waals surface area contributed by atoms with Gasteiger partial charge in [0.15, 0.2) is 0 Å². The van der Waals surface area contributed by atoms with E-state index in [2.05, 4.69) is 20.6 Å². The Labute approximate surface area is 96.8 Å². The second-order valence-electron chi connectivity index (χ2n) is 3.05. The van der Waals surface area contributed by atoms with Gasteiger partial charge in [-0.3, -0.25) is 5.32 Å². The molecule has 1 aromatic heterocycles. The molecule has 2 amide bonds. The largest absolute Gasteiger partial charge is 0.331 e. The molecule has 1 aromatic carbocycles. The van der Waals surface area contributed by atoms with Crippen molar-refractivity contribution < 1.29 is 4.79 Å². The lowest BCUT2D eigenvalue weighted by atomic mass is 10.3. The van der Waals surface area contributed by atoms with Crippen LogP contribution in [-0.4, -0.2) is 16.0 Å². The van der Waals surface area contributed by atoms with E-state index in [0.717, 1.165) is 0 Å². The fourth-order valence-electron chi connectivity index (χ4n) is 1.14. The third-order valence-electron chi connectivity index (χ3n) is 1.85. The van der Waals surface area contributed by atoms with Gasteiger partial charge in [0.25, 0.3) is 0 Å². The second kappa shape index (κ2) is 4.67. The van der Waals surface area contributed by atoms with E-state index >= 15 is 0 Å². The molecule has 0 aliphatic carbocycles. The molecule has 0 saturated carbocycles. The highest BCUT2D eigenvalue weighted by Crippen LogP contribution is 2.13. The Hall–Kier alpha value is -2.01. The summed E-state index contributed by atoms with van der Waals surface area (Å²) in [5.41, 5.74) is 0.668. The number of nitrogens with one attached hydrogen (secondary N) is 3. The van der Waals surface area contributed by atoms with Gasteiger partial charge in [0, 0.05) is 10.7 Å². The Morgan fingerprint density at radius 1 is 1.25 bits per heavy atom. The lowest BCUT2D eigenvalue weighted by Crippen LogP contribution is -2.19. The number of aromatic nitrogens is 2. The third-order valence-corrected chi connectivity index (χ3v) is 2.10. The summed E-state index contributed by atoms with van der Waals surface area (Å²) in [4.78, 5) is 18.0. The van der Waals surface area contributed by atoms with Crippen molar-refractivity contribution >= 4 is 29.1 Å². The molecular formula is C10H9ClN4O. The number of amides is 2. The summed E-state index contributed by atoms with van der Waals surface area (Å²) < 4.78 is 0. The van der Waals surface area contributed by atoms with Gasteiger partial charge >= 0.3 is 6.03 Å². The smallest absolute Gasteiger partial charge is 0.324 e. The molecule has 0 bridgehead atoms. The predicted octanol–water partition coefficient (Wildman–Crippen LogP) is 2.71. The summed E-state index contributed by atoms with van der Waals surface area (Å²) in [6.45, 7) is 0. The standard InChI is InChI=1S/C10H9ClN4O/c11-7-1-3-8(4-2-7)14-10(16)15-9-5-12-6-13-9/h1-6H,(H,12,13)(H2,14,15,16). The molecule has 16 heavy (non-hydrogen) atoms. The Balaban J connectivity index is 1.95. The van der Waals surface area contributed by atoms with E-state index in [0.29, 0.717) is 16.5 Å². The molecule has 2 aromatic rings. The highest BCUT2D eigenvalue weighted by molar-refractivity contribution is 6.30. The van der Waals surface area contributed by atoms with E-state index < -0.39 is 0 Å². The van der Waals surface area contributed by atoms with E-state index in [9.17, 15) is 4.79 Å². The lowest BCUT2D eigenvalue weighted by molar-refractivity contribution is 0.262. The predicted molar refractivity (Wildman–Crippen MR) is 62.7 cm³/mol. The zero-order valence-corrected chi connectivity index (χ0v) is 8.95. The number of benzene rings is 1. The van der Waals surface area contributed by atoms with Gasteiger partial charge in [0.1, 0.15) is 5.82 Å². The molecule has 0 unspecified atom stereocenters. The number of anilines is 2. The fourth-order valence-corrected chi connectivity index (χ4v) is 1.27. The quantitative estimate of drug-likeness (QED) is 0.750. The molecule has 0 radical (unpaired) electrons. The van der Waals surface area contributed by atoms with Crippen LogP contribution >= 0.6 is 11.6 Å². The molecular weight excluding hydrogens is 228 g/mol. The number of hydrogen-bond acceptors (Lipinski definition) is 2. The molecule has 5 nitrogen and oxygen atoms in total. The first-order valence-electron chi connectivity index (χ1n) is 4.56. The number of imidazole rings is 1. The molecule has 0 aliphatic rings. The van der Waals surface area contributed by atoms with Gasteiger partial charge in [-0.15, -0.1) is 0 Å². The first-order chi connectivity index (χ1) is 7.74. The molecule has 0 fully saturated rings. The van der Waals surface area contributed by atoms with Crippen molar-refractivity contribution in [2.45, 2.75) is 0 Å². The van der Waals surface area contributed by atoms with Gasteiger partial charge in [0.05, 0.1) is 12.5 Å². The van der Waals surface area contributed by atoms with Crippen molar-refractivity contribution in [3.8, 4) is 0 Å². The molecule has 3 N–H and O–H groups in total. The highest BCUT2D eigenvalue weighted by Gasteiger charge is 2.02. The summed E-state index contributed by atoms with van der Waals surface area (Å²) in [7, 11) is 0. The van der Waals surface area contributed by atoms with Crippen LogP contribution in [-0.2, 0) is 0 Å². The van der Waals surface area contributed by atoms with Crippen molar-refractivity contribution in [2.24, 2.45) is 0 Å². The first-order valence-corrected chi connectivity index (χ1v) is 4.94. The van der Waals surface area contributed by atoms with Crippen molar-refractivity contribution in [2.75, 3.05) is 10.6 Å². The summed E-state index contributed by atoms with van der Waals surface area (Å²) in [5, 5.41) is 5.86. The number of hydrogen-bond donors (Lipinski definition) is 3. The lowest BCUT2D eigenvalue weighted by Gasteiger charge is -2.05. The number of urea groups is 1. The van der Waals surface area contributed by atoms with E-state index in [1.54, 1.807) is 24.3 Å². The van der Waals surface area contributed by atoms with Crippen LogP contribution in [0.2, 0.25) is 5.02 Å². The number of carbonyl (C=O) groups is 1. The molecule has 0 aliphatic heterocycles. The van der Waals surface area contributed by atoms with Crippen molar-refractivity contribution in [3.05, 3.63) is 41.8 Å². The van der Waals surface area contributed by atoms with Gasteiger partial charge in [-0.25, -0.2) is 9.78 Å². The van der Waals surface area contributed by atoms with E-state index in [-0.39, 0.29) is 6.03 Å². The molecule has 6 heteroatoms. The van der Waals surface area contributed by atoms with Crippen molar-refractivity contribution in [3.63, 3.8) is 0 Å². The van der Waals surface area contributed by atoms with E-state index in [1.807, 2.05) is 0 Å². The van der Waals surface area contributed by atoms with E-state index in [4.69, 9.17) is 11.6 Å². The number of aromatic amines is 1. The SMILES string of the molecule is O=C(Nc1ccc(Cl)cc1)Nc1cnc[nH]1. The van der Waals surface area contributed by atoms with Gasteiger partial charge in [-0.05, 0) is 24.3 Å². The summed E-state index contributed by atoms with van der Waals surface area (Å²) in [6, 6.07) is 6.50. The first kappa shape index (κ1) is 10.5. The number of carbonyl (C=O) groups excluding carboxylic acids is 1. The van der Waals surface area contributed by atoms with Gasteiger partial charge in [0.2, 0.25) is 0 Å². The van der Waals surface area contributed by atoms with E-state index in [1.165, 1.54) is 12.5 Å². The molecule has 82 valence electrons. The maximum atomic E-state index is 11.5. The average Bonchev–Trinajstić information content (AvgIpc) is 2.74. The minimum absolute atomic E-state index is 0.341. The maximum absolute atomic E-state index is 11.5. The Morgan fingerprint density at radius 2 is 2.00 bits per heavy atom. The normalized spacial score (nSPS) is 9.81. The van der Waals surface area contributed by atoms with Crippen LogP contribution in [0.15, 0.2) is 36.8 Å². The number of H-pyrrole nitrogens is 1. The highest BCUT2D eigenvalue weighted by atomic mass is 35.5. The molecule has 1 heterocycles. The Bertz CT molecular complexity index is 466. The number of halogens is 1. The van der Waals surface area contributed by atoms with Gasteiger partial charge < -0.3 is 10.3 Å². The van der Waals surface area contributed by atoms with Crippen LogP contribution in [0.5, 0.6) is 0 Å². The monoisotopic (exact) mass is 236 g/mol. The topological polar surface area (TPSA) is 69.8 Å². The molecule has 0 saturated heterocycles. The number of nitrogens with zero attached hydrogens (tertiary/aromatic N) is 1. The Morgan fingerprint density at radius 3 is 2.62 bits per heavy atom. The zero-order valence-electron chi connectivity index (χ0n) is 8.20. The van der Waals surface area contributed by atoms with Crippen LogP contribution in [0.3, 0.4) is 0 Å². The zero-order chi connectivity index (χ0) is 11.4. The van der Waals surface area contributed by atoms with Crippen LogP contribution in [0.4, 0.5) is 16.3 Å². The number of rotatable bonds is 2. The van der Waals surface area contributed by atoms with Crippen molar-refractivity contribution in [1.29, 1.82) is 0 Å². The van der Waals surface area contributed by atoms with Gasteiger partial charge in [-0.2, -0.15) is 0 Å². The molecule has 0 atom stereocenters.